The summed E-state index contributed by atoms with van der Waals surface area (Å²) in [5, 5.41) is 8.27. The predicted molar refractivity (Wildman–Crippen MR) is 87.9 cm³/mol. The molecule has 0 aliphatic carbocycles. The molecule has 25 heavy (non-hydrogen) atoms. The predicted octanol–water partition coefficient (Wildman–Crippen LogP) is 3.55. The number of anilines is 4. The Hall–Kier alpha value is -2.84. The van der Waals surface area contributed by atoms with Crippen LogP contribution in [-0.2, 0) is 17.4 Å². The summed E-state index contributed by atoms with van der Waals surface area (Å²) in [6.45, 7) is 3.44. The minimum Gasteiger partial charge on any atom is -0.367 e. The highest BCUT2D eigenvalue weighted by atomic mass is 19.4. The lowest BCUT2D eigenvalue weighted by atomic mass is 10.1. The standard InChI is InChI=1S/C16H16F3N5O/c1-8(2)21-14-11(16(17,18)19)7-20-15(24-14)22-10-3-4-12-9(5-10)6-13(25)23-12/h3-5,7-8H,6H2,1-2H3,(H,23,25)(H2,20,21,22,24). The Morgan fingerprint density at radius 3 is 2.72 bits per heavy atom. The molecule has 0 saturated carbocycles. The van der Waals surface area contributed by atoms with Crippen molar-refractivity contribution in [2.75, 3.05) is 16.0 Å². The molecule has 0 atom stereocenters. The lowest BCUT2D eigenvalue weighted by molar-refractivity contribution is -0.137. The molecule has 132 valence electrons. The SMILES string of the molecule is CC(C)Nc1nc(Nc2ccc3c(c2)CC(=O)N3)ncc1C(F)(F)F. The molecule has 6 nitrogen and oxygen atoms in total. The van der Waals surface area contributed by atoms with E-state index in [1.54, 1.807) is 32.0 Å². The van der Waals surface area contributed by atoms with Crippen molar-refractivity contribution < 1.29 is 18.0 Å². The van der Waals surface area contributed by atoms with Crippen molar-refractivity contribution in [3.8, 4) is 0 Å². The fourth-order valence-corrected chi connectivity index (χ4v) is 2.47. The molecular formula is C16H16F3N5O. The fourth-order valence-electron chi connectivity index (χ4n) is 2.47. The van der Waals surface area contributed by atoms with Gasteiger partial charge in [0.05, 0.1) is 6.42 Å². The van der Waals surface area contributed by atoms with E-state index in [1.807, 2.05) is 0 Å². The van der Waals surface area contributed by atoms with Crippen molar-refractivity contribution in [1.82, 2.24) is 9.97 Å². The molecule has 2 aromatic rings. The zero-order valence-electron chi connectivity index (χ0n) is 13.5. The second-order valence-corrected chi connectivity index (χ2v) is 5.97. The summed E-state index contributed by atoms with van der Waals surface area (Å²) in [6.07, 6.45) is -3.53. The summed E-state index contributed by atoms with van der Waals surface area (Å²) in [7, 11) is 0. The molecule has 0 bridgehead atoms. The Morgan fingerprint density at radius 2 is 2.04 bits per heavy atom. The molecule has 0 spiro atoms. The minimum absolute atomic E-state index is 0.0355. The molecule has 3 N–H and O–H groups in total. The van der Waals surface area contributed by atoms with Crippen LogP contribution in [-0.4, -0.2) is 21.9 Å². The maximum atomic E-state index is 13.1. The van der Waals surface area contributed by atoms with Crippen LogP contribution in [0.2, 0.25) is 0 Å². The third kappa shape index (κ3) is 3.81. The topological polar surface area (TPSA) is 78.9 Å². The number of carbonyl (C=O) groups excluding carboxylic acids is 1. The highest BCUT2D eigenvalue weighted by Crippen LogP contribution is 2.34. The molecule has 0 saturated heterocycles. The average Bonchev–Trinajstić information content (AvgIpc) is 2.85. The minimum atomic E-state index is -4.55. The van der Waals surface area contributed by atoms with E-state index >= 15 is 0 Å². The van der Waals surface area contributed by atoms with Crippen LogP contribution < -0.4 is 16.0 Å². The number of carbonyl (C=O) groups is 1. The van der Waals surface area contributed by atoms with E-state index in [4.69, 9.17) is 0 Å². The number of nitrogens with zero attached hydrogens (tertiary/aromatic N) is 2. The second-order valence-electron chi connectivity index (χ2n) is 5.97. The molecule has 0 radical (unpaired) electrons. The van der Waals surface area contributed by atoms with Crippen LogP contribution in [0.3, 0.4) is 0 Å². The van der Waals surface area contributed by atoms with E-state index in [0.717, 1.165) is 17.4 Å². The Balaban J connectivity index is 1.88. The first-order valence-electron chi connectivity index (χ1n) is 7.63. The van der Waals surface area contributed by atoms with Crippen molar-refractivity contribution in [1.29, 1.82) is 0 Å². The van der Waals surface area contributed by atoms with E-state index in [1.165, 1.54) is 0 Å². The lowest BCUT2D eigenvalue weighted by Crippen LogP contribution is -2.18. The third-order valence-corrected chi connectivity index (χ3v) is 3.51. The Morgan fingerprint density at radius 1 is 1.28 bits per heavy atom. The van der Waals surface area contributed by atoms with Crippen LogP contribution >= 0.6 is 0 Å². The Bertz CT molecular complexity index is 820. The largest absolute Gasteiger partial charge is 0.421 e. The number of aromatic nitrogens is 2. The lowest BCUT2D eigenvalue weighted by Gasteiger charge is -2.16. The number of rotatable bonds is 4. The smallest absolute Gasteiger partial charge is 0.367 e. The summed E-state index contributed by atoms with van der Waals surface area (Å²) < 4.78 is 39.2. The number of fused-ring (bicyclic) bond motifs is 1. The van der Waals surface area contributed by atoms with Gasteiger partial charge >= 0.3 is 6.18 Å². The van der Waals surface area contributed by atoms with Gasteiger partial charge in [0.1, 0.15) is 11.4 Å². The van der Waals surface area contributed by atoms with Gasteiger partial charge in [-0.05, 0) is 37.6 Å². The van der Waals surface area contributed by atoms with E-state index in [0.29, 0.717) is 5.69 Å². The molecular weight excluding hydrogens is 335 g/mol. The van der Waals surface area contributed by atoms with Crippen LogP contribution in [0.25, 0.3) is 0 Å². The van der Waals surface area contributed by atoms with E-state index in [2.05, 4.69) is 25.9 Å². The molecule has 1 aromatic carbocycles. The first-order chi connectivity index (χ1) is 11.7. The monoisotopic (exact) mass is 351 g/mol. The van der Waals surface area contributed by atoms with Crippen molar-refractivity contribution in [2.24, 2.45) is 0 Å². The van der Waals surface area contributed by atoms with Crippen molar-refractivity contribution in [3.05, 3.63) is 35.5 Å². The van der Waals surface area contributed by atoms with Gasteiger partial charge < -0.3 is 16.0 Å². The molecule has 2 heterocycles. The normalized spacial score (nSPS) is 13.6. The van der Waals surface area contributed by atoms with Crippen LogP contribution in [0.1, 0.15) is 25.0 Å². The number of nitrogens with one attached hydrogen (secondary N) is 3. The average molecular weight is 351 g/mol. The van der Waals surface area contributed by atoms with E-state index in [9.17, 15) is 18.0 Å². The summed E-state index contributed by atoms with van der Waals surface area (Å²) in [5.41, 5.74) is 1.20. The van der Waals surface area contributed by atoms with E-state index in [-0.39, 0.29) is 30.1 Å². The zero-order valence-corrected chi connectivity index (χ0v) is 13.5. The Kier molecular flexibility index (Phi) is 4.23. The van der Waals surface area contributed by atoms with E-state index < -0.39 is 11.7 Å². The zero-order chi connectivity index (χ0) is 18.2. The second kappa shape index (κ2) is 6.23. The third-order valence-electron chi connectivity index (χ3n) is 3.51. The summed E-state index contributed by atoms with van der Waals surface area (Å²) in [6, 6.07) is 4.94. The van der Waals surface area contributed by atoms with Gasteiger partial charge in [-0.2, -0.15) is 18.2 Å². The molecule has 0 unspecified atom stereocenters. The van der Waals surface area contributed by atoms with Crippen molar-refractivity contribution in [3.63, 3.8) is 0 Å². The number of amides is 1. The van der Waals surface area contributed by atoms with Gasteiger partial charge in [0.25, 0.3) is 0 Å². The van der Waals surface area contributed by atoms with Gasteiger partial charge in [0.15, 0.2) is 0 Å². The summed E-state index contributed by atoms with van der Waals surface area (Å²) in [5.74, 6) is -0.340. The molecule has 1 aliphatic rings. The van der Waals surface area contributed by atoms with Crippen LogP contribution in [0, 0.1) is 0 Å². The van der Waals surface area contributed by atoms with Crippen molar-refractivity contribution >= 4 is 29.0 Å². The maximum Gasteiger partial charge on any atom is 0.421 e. The van der Waals surface area contributed by atoms with Gasteiger partial charge in [-0.3, -0.25) is 4.79 Å². The molecule has 1 amide bonds. The number of alkyl halides is 3. The number of benzene rings is 1. The van der Waals surface area contributed by atoms with Crippen molar-refractivity contribution in [2.45, 2.75) is 32.5 Å². The molecule has 1 aliphatic heterocycles. The highest BCUT2D eigenvalue weighted by Gasteiger charge is 2.35. The van der Waals surface area contributed by atoms with Gasteiger partial charge in [-0.1, -0.05) is 0 Å². The highest BCUT2D eigenvalue weighted by molar-refractivity contribution is 5.99. The summed E-state index contributed by atoms with van der Waals surface area (Å²) >= 11 is 0. The van der Waals surface area contributed by atoms with Gasteiger partial charge in [-0.15, -0.1) is 0 Å². The Labute approximate surface area is 141 Å². The number of halogens is 3. The first kappa shape index (κ1) is 17.0. The fraction of sp³-hybridized carbons (Fsp3) is 0.312. The summed E-state index contributed by atoms with van der Waals surface area (Å²) in [4.78, 5) is 19.1. The van der Waals surface area contributed by atoms with Crippen LogP contribution in [0.15, 0.2) is 24.4 Å². The molecule has 0 fully saturated rings. The number of hydrogen-bond donors (Lipinski definition) is 3. The first-order valence-corrected chi connectivity index (χ1v) is 7.63. The molecule has 3 rings (SSSR count). The molecule has 1 aromatic heterocycles. The van der Waals surface area contributed by atoms with Crippen LogP contribution in [0.5, 0.6) is 0 Å². The quantitative estimate of drug-likeness (QED) is 0.785. The van der Waals surface area contributed by atoms with Gasteiger partial charge in [0, 0.05) is 23.6 Å². The van der Waals surface area contributed by atoms with Gasteiger partial charge in [-0.25, -0.2) is 4.98 Å². The van der Waals surface area contributed by atoms with Crippen LogP contribution in [0.4, 0.5) is 36.3 Å². The van der Waals surface area contributed by atoms with Gasteiger partial charge in [0.2, 0.25) is 11.9 Å². The number of hydrogen-bond acceptors (Lipinski definition) is 5. The maximum absolute atomic E-state index is 13.1. The molecule has 9 heteroatoms.